The number of nitrogens with zero attached hydrogens (tertiary/aromatic N) is 2. The van der Waals surface area contributed by atoms with Crippen LogP contribution in [0, 0.1) is 6.92 Å². The summed E-state index contributed by atoms with van der Waals surface area (Å²) in [6.45, 7) is 4.48. The number of benzene rings is 3. The number of hydrogen-bond acceptors (Lipinski definition) is 4. The molecule has 7 nitrogen and oxygen atoms in total. The smallest absolute Gasteiger partial charge is 0.243 e. The van der Waals surface area contributed by atoms with Crippen molar-refractivity contribution >= 4 is 15.9 Å². The molecule has 2 unspecified atom stereocenters. The monoisotopic (exact) mass is 582 g/mol. The lowest BCUT2D eigenvalue weighted by molar-refractivity contribution is -0.123. The number of hydrogen-bond donors (Lipinski definition) is 2. The van der Waals surface area contributed by atoms with Gasteiger partial charge in [-0.2, -0.15) is 4.31 Å². The Labute approximate surface area is 248 Å². The molecule has 1 aliphatic heterocycles. The number of aryl methyl sites for hydroxylation is 2. The topological polar surface area (TPSA) is 83.4 Å². The van der Waals surface area contributed by atoms with Crippen LogP contribution in [-0.2, 0) is 47.3 Å². The zero-order valence-electron chi connectivity index (χ0n) is 24.0. The van der Waals surface area contributed by atoms with E-state index in [-0.39, 0.29) is 23.3 Å². The molecule has 2 heterocycles. The second-order valence-electron chi connectivity index (χ2n) is 11.5. The van der Waals surface area contributed by atoms with Crippen molar-refractivity contribution in [2.45, 2.75) is 69.2 Å². The third kappa shape index (κ3) is 6.21. The van der Waals surface area contributed by atoms with Crippen LogP contribution in [0.5, 0.6) is 0 Å². The maximum absolute atomic E-state index is 13.7. The van der Waals surface area contributed by atoms with Gasteiger partial charge in [0.15, 0.2) is 0 Å². The maximum atomic E-state index is 13.7. The van der Waals surface area contributed by atoms with Crippen LogP contribution in [0.15, 0.2) is 96.0 Å². The molecule has 0 saturated heterocycles. The van der Waals surface area contributed by atoms with E-state index in [9.17, 15) is 13.2 Å². The summed E-state index contributed by atoms with van der Waals surface area (Å²) in [7, 11) is -3.76. The van der Waals surface area contributed by atoms with Gasteiger partial charge >= 0.3 is 0 Å². The highest BCUT2D eigenvalue weighted by Gasteiger charge is 2.38. The SMILES string of the molecule is Cc1ccc(S(=O)(=O)N2CCn3cccc3C2CC(=O)NC2CCc3cc(CNCc4ccccc4)ccc3C2)cc1. The molecule has 1 aromatic heterocycles. The van der Waals surface area contributed by atoms with Crippen LogP contribution in [-0.4, -0.2) is 35.8 Å². The van der Waals surface area contributed by atoms with Crippen molar-refractivity contribution in [3.05, 3.63) is 125 Å². The lowest BCUT2D eigenvalue weighted by atomic mass is 9.87. The van der Waals surface area contributed by atoms with E-state index in [0.717, 1.165) is 43.6 Å². The molecular formula is C34H38N4O3S. The molecule has 1 amide bonds. The summed E-state index contributed by atoms with van der Waals surface area (Å²) in [6.07, 6.45) is 4.61. The van der Waals surface area contributed by atoms with Gasteiger partial charge in [0.25, 0.3) is 0 Å². The van der Waals surface area contributed by atoms with Crippen LogP contribution in [0.2, 0.25) is 0 Å². The first-order valence-electron chi connectivity index (χ1n) is 14.7. The molecule has 42 heavy (non-hydrogen) atoms. The first-order valence-corrected chi connectivity index (χ1v) is 16.2. The number of sulfonamides is 1. The van der Waals surface area contributed by atoms with Crippen molar-refractivity contribution in [3.8, 4) is 0 Å². The summed E-state index contributed by atoms with van der Waals surface area (Å²) in [6, 6.07) is 27.3. The fraction of sp³-hybridized carbons (Fsp3) is 0.324. The second kappa shape index (κ2) is 12.3. The first-order chi connectivity index (χ1) is 20.4. The first kappa shape index (κ1) is 28.4. The van der Waals surface area contributed by atoms with Crippen LogP contribution in [0.1, 0.15) is 52.4 Å². The molecule has 218 valence electrons. The van der Waals surface area contributed by atoms with E-state index in [1.54, 1.807) is 12.1 Å². The number of rotatable bonds is 9. The predicted molar refractivity (Wildman–Crippen MR) is 164 cm³/mol. The van der Waals surface area contributed by atoms with Gasteiger partial charge in [-0.3, -0.25) is 4.79 Å². The van der Waals surface area contributed by atoms with E-state index in [0.29, 0.717) is 13.1 Å². The third-order valence-corrected chi connectivity index (χ3v) is 10.4. The molecule has 0 fully saturated rings. The highest BCUT2D eigenvalue weighted by molar-refractivity contribution is 7.89. The number of carbonyl (C=O) groups is 1. The Morgan fingerprint density at radius 1 is 0.881 bits per heavy atom. The highest BCUT2D eigenvalue weighted by atomic mass is 32.2. The van der Waals surface area contributed by atoms with Crippen LogP contribution in [0.4, 0.5) is 0 Å². The molecule has 8 heteroatoms. The fourth-order valence-electron chi connectivity index (χ4n) is 6.23. The lowest BCUT2D eigenvalue weighted by Crippen LogP contribution is -2.45. The van der Waals surface area contributed by atoms with Crippen molar-refractivity contribution < 1.29 is 13.2 Å². The molecule has 0 spiro atoms. The van der Waals surface area contributed by atoms with E-state index in [4.69, 9.17) is 0 Å². The van der Waals surface area contributed by atoms with Gasteiger partial charge in [-0.25, -0.2) is 8.42 Å². The average Bonchev–Trinajstić information content (AvgIpc) is 3.48. The normalized spacial score (nSPS) is 18.7. The van der Waals surface area contributed by atoms with Crippen LogP contribution >= 0.6 is 0 Å². The largest absolute Gasteiger partial charge is 0.353 e. The van der Waals surface area contributed by atoms with Gasteiger partial charge in [0.1, 0.15) is 0 Å². The molecule has 0 saturated carbocycles. The van der Waals surface area contributed by atoms with Gasteiger partial charge in [-0.15, -0.1) is 0 Å². The Balaban J connectivity index is 1.09. The molecule has 2 aliphatic rings. The summed E-state index contributed by atoms with van der Waals surface area (Å²) in [5, 5.41) is 6.76. The van der Waals surface area contributed by atoms with E-state index in [1.807, 2.05) is 43.5 Å². The van der Waals surface area contributed by atoms with Crippen molar-refractivity contribution in [2.24, 2.45) is 0 Å². The maximum Gasteiger partial charge on any atom is 0.243 e. The number of nitrogens with one attached hydrogen (secondary N) is 2. The fourth-order valence-corrected chi connectivity index (χ4v) is 7.82. The molecule has 1 aliphatic carbocycles. The summed E-state index contributed by atoms with van der Waals surface area (Å²) in [4.78, 5) is 13.7. The van der Waals surface area contributed by atoms with Crippen LogP contribution < -0.4 is 10.6 Å². The number of carbonyl (C=O) groups excluding carboxylic acids is 1. The summed E-state index contributed by atoms with van der Waals surface area (Å²) in [5.41, 5.74) is 7.01. The minimum absolute atomic E-state index is 0.0320. The van der Waals surface area contributed by atoms with Crippen molar-refractivity contribution in [1.29, 1.82) is 0 Å². The predicted octanol–water partition coefficient (Wildman–Crippen LogP) is 4.90. The number of amides is 1. The van der Waals surface area contributed by atoms with Gasteiger partial charge < -0.3 is 15.2 Å². The van der Waals surface area contributed by atoms with Crippen molar-refractivity contribution in [2.75, 3.05) is 6.54 Å². The Bertz CT molecular complexity index is 1650. The van der Waals surface area contributed by atoms with E-state index < -0.39 is 16.1 Å². The molecule has 3 aromatic carbocycles. The molecule has 2 atom stereocenters. The van der Waals surface area contributed by atoms with Gasteiger partial charge in [-0.05, 0) is 72.7 Å². The number of aromatic nitrogens is 1. The molecule has 6 rings (SSSR count). The summed E-state index contributed by atoms with van der Waals surface area (Å²) < 4.78 is 31.0. The Hall–Kier alpha value is -3.72. The summed E-state index contributed by atoms with van der Waals surface area (Å²) in [5.74, 6) is -0.117. The number of fused-ring (bicyclic) bond motifs is 2. The van der Waals surface area contributed by atoms with Crippen molar-refractivity contribution in [1.82, 2.24) is 19.5 Å². The standard InChI is InChI=1S/C34H38N4O3S/c1-25-9-15-31(16-10-25)42(40,41)38-19-18-37-17-5-8-32(37)33(38)22-34(39)36-30-14-13-28-20-27(11-12-29(28)21-30)24-35-23-26-6-3-2-4-7-26/h2-12,15-17,20,30,33,35H,13-14,18-19,21-24H2,1H3,(H,36,39). The lowest BCUT2D eigenvalue weighted by Gasteiger charge is -2.36. The van der Waals surface area contributed by atoms with Crippen LogP contribution in [0.25, 0.3) is 0 Å². The molecule has 2 N–H and O–H groups in total. The van der Waals surface area contributed by atoms with Crippen molar-refractivity contribution in [3.63, 3.8) is 0 Å². The molecular weight excluding hydrogens is 544 g/mol. The van der Waals surface area contributed by atoms with E-state index in [2.05, 4.69) is 57.7 Å². The van der Waals surface area contributed by atoms with E-state index >= 15 is 0 Å². The molecule has 4 aromatic rings. The van der Waals surface area contributed by atoms with Gasteiger partial charge in [0.2, 0.25) is 15.9 Å². The highest BCUT2D eigenvalue weighted by Crippen LogP contribution is 2.34. The third-order valence-electron chi connectivity index (χ3n) is 8.49. The molecule has 0 radical (unpaired) electrons. The van der Waals surface area contributed by atoms with Gasteiger partial charge in [0, 0.05) is 50.5 Å². The van der Waals surface area contributed by atoms with Gasteiger partial charge in [-0.1, -0.05) is 66.2 Å². The minimum Gasteiger partial charge on any atom is -0.353 e. The Kier molecular flexibility index (Phi) is 8.29. The summed E-state index contributed by atoms with van der Waals surface area (Å²) >= 11 is 0. The quantitative estimate of drug-likeness (QED) is 0.294. The minimum atomic E-state index is -3.76. The zero-order valence-corrected chi connectivity index (χ0v) is 24.8. The van der Waals surface area contributed by atoms with Gasteiger partial charge in [0.05, 0.1) is 10.9 Å². The zero-order chi connectivity index (χ0) is 29.1. The average molecular weight is 583 g/mol. The Morgan fingerprint density at radius 3 is 2.48 bits per heavy atom. The second-order valence-corrected chi connectivity index (χ2v) is 13.4. The molecule has 0 bridgehead atoms. The Morgan fingerprint density at radius 2 is 1.67 bits per heavy atom. The van der Waals surface area contributed by atoms with E-state index in [1.165, 1.54) is 26.6 Å². The van der Waals surface area contributed by atoms with Crippen LogP contribution in [0.3, 0.4) is 0 Å².